The highest BCUT2D eigenvalue weighted by Crippen LogP contribution is 2.20. The van der Waals surface area contributed by atoms with Crippen molar-refractivity contribution in [1.82, 2.24) is 4.98 Å². The molecule has 0 aliphatic heterocycles. The van der Waals surface area contributed by atoms with Crippen LogP contribution in [-0.2, 0) is 6.42 Å². The molecular formula is C13H19N3O. The van der Waals surface area contributed by atoms with Gasteiger partial charge in [0.2, 0.25) is 0 Å². The van der Waals surface area contributed by atoms with Crippen LogP contribution in [0.25, 0.3) is 0 Å². The van der Waals surface area contributed by atoms with Crippen molar-refractivity contribution < 1.29 is 4.74 Å². The van der Waals surface area contributed by atoms with Crippen molar-refractivity contribution in [1.29, 1.82) is 5.26 Å². The lowest BCUT2D eigenvalue weighted by Gasteiger charge is -2.15. The Balaban J connectivity index is 2.92. The third-order valence-corrected chi connectivity index (χ3v) is 2.54. The van der Waals surface area contributed by atoms with Crippen LogP contribution in [0.2, 0.25) is 0 Å². The molecule has 0 amide bonds. The Bertz CT molecular complexity index is 412. The maximum atomic E-state index is 8.75. The van der Waals surface area contributed by atoms with Gasteiger partial charge in [-0.25, -0.2) is 0 Å². The average molecular weight is 233 g/mol. The average Bonchev–Trinajstić information content (AvgIpc) is 2.32. The highest BCUT2D eigenvalue weighted by molar-refractivity contribution is 5.30. The van der Waals surface area contributed by atoms with E-state index in [1.165, 1.54) is 0 Å². The summed E-state index contributed by atoms with van der Waals surface area (Å²) in [5.41, 5.74) is 7.69. The number of hydrogen-bond donors (Lipinski definition) is 1. The van der Waals surface area contributed by atoms with Crippen LogP contribution in [0.3, 0.4) is 0 Å². The Labute approximate surface area is 102 Å². The Hall–Kier alpha value is -1.60. The van der Waals surface area contributed by atoms with Gasteiger partial charge in [-0.15, -0.1) is 0 Å². The summed E-state index contributed by atoms with van der Waals surface area (Å²) in [4.78, 5) is 4.43. The Morgan fingerprint density at radius 2 is 2.24 bits per heavy atom. The van der Waals surface area contributed by atoms with Crippen LogP contribution in [0.1, 0.15) is 31.7 Å². The van der Waals surface area contributed by atoms with E-state index in [1.807, 2.05) is 32.0 Å². The van der Waals surface area contributed by atoms with Crippen molar-refractivity contribution in [2.45, 2.75) is 45.8 Å². The fourth-order valence-corrected chi connectivity index (χ4v) is 1.46. The van der Waals surface area contributed by atoms with Gasteiger partial charge in [0.25, 0.3) is 0 Å². The SMILES string of the molecule is CCC(N)Cc1nc(C)ccc1OC(C)C#N. The molecule has 0 aliphatic carbocycles. The van der Waals surface area contributed by atoms with E-state index in [0.29, 0.717) is 12.2 Å². The predicted molar refractivity (Wildman–Crippen MR) is 66.6 cm³/mol. The second-order valence-electron chi connectivity index (χ2n) is 4.16. The van der Waals surface area contributed by atoms with Gasteiger partial charge in [-0.05, 0) is 32.4 Å². The number of nitrogens with zero attached hydrogens (tertiary/aromatic N) is 2. The largest absolute Gasteiger partial charge is 0.474 e. The number of ether oxygens (including phenoxy) is 1. The zero-order chi connectivity index (χ0) is 12.8. The summed E-state index contributed by atoms with van der Waals surface area (Å²) in [6, 6.07) is 5.84. The molecule has 17 heavy (non-hydrogen) atoms. The topological polar surface area (TPSA) is 71.9 Å². The summed E-state index contributed by atoms with van der Waals surface area (Å²) in [6.07, 6.45) is 1.09. The number of rotatable bonds is 5. The van der Waals surface area contributed by atoms with E-state index in [0.717, 1.165) is 17.8 Å². The Morgan fingerprint density at radius 1 is 1.53 bits per heavy atom. The molecule has 0 bridgehead atoms. The molecule has 0 aromatic carbocycles. The molecule has 0 radical (unpaired) electrons. The molecule has 1 aromatic heterocycles. The zero-order valence-electron chi connectivity index (χ0n) is 10.6. The molecule has 1 aromatic rings. The molecule has 0 spiro atoms. The van der Waals surface area contributed by atoms with Crippen LogP contribution in [0.15, 0.2) is 12.1 Å². The predicted octanol–water partition coefficient (Wildman–Crippen LogP) is 1.96. The van der Waals surface area contributed by atoms with Crippen LogP contribution in [0.4, 0.5) is 0 Å². The summed E-state index contributed by atoms with van der Waals surface area (Å²) in [5, 5.41) is 8.75. The molecule has 0 saturated heterocycles. The van der Waals surface area contributed by atoms with E-state index in [4.69, 9.17) is 15.7 Å². The van der Waals surface area contributed by atoms with Crippen LogP contribution >= 0.6 is 0 Å². The number of aromatic nitrogens is 1. The summed E-state index contributed by atoms with van der Waals surface area (Å²) in [7, 11) is 0. The molecule has 2 atom stereocenters. The van der Waals surface area contributed by atoms with E-state index >= 15 is 0 Å². The molecule has 2 unspecified atom stereocenters. The lowest BCUT2D eigenvalue weighted by Crippen LogP contribution is -2.23. The van der Waals surface area contributed by atoms with E-state index < -0.39 is 6.10 Å². The minimum Gasteiger partial charge on any atom is -0.474 e. The monoisotopic (exact) mass is 233 g/mol. The zero-order valence-corrected chi connectivity index (χ0v) is 10.6. The second-order valence-corrected chi connectivity index (χ2v) is 4.16. The molecule has 4 heteroatoms. The van der Waals surface area contributed by atoms with Crippen LogP contribution in [-0.4, -0.2) is 17.1 Å². The van der Waals surface area contributed by atoms with Gasteiger partial charge in [0.05, 0.1) is 5.69 Å². The fraction of sp³-hybridized carbons (Fsp3) is 0.538. The number of nitrogens with two attached hydrogens (primary N) is 1. The summed E-state index contributed by atoms with van der Waals surface area (Å²) < 4.78 is 5.52. The fourth-order valence-electron chi connectivity index (χ4n) is 1.46. The Kier molecular flexibility index (Phi) is 4.92. The highest BCUT2D eigenvalue weighted by Gasteiger charge is 2.12. The Morgan fingerprint density at radius 3 is 2.82 bits per heavy atom. The van der Waals surface area contributed by atoms with Gasteiger partial charge < -0.3 is 10.5 Å². The minimum atomic E-state index is -0.476. The summed E-state index contributed by atoms with van der Waals surface area (Å²) in [5.74, 6) is 0.661. The quantitative estimate of drug-likeness (QED) is 0.843. The molecule has 2 N–H and O–H groups in total. The molecule has 92 valence electrons. The van der Waals surface area contributed by atoms with Crippen molar-refractivity contribution in [3.8, 4) is 11.8 Å². The van der Waals surface area contributed by atoms with Gasteiger partial charge in [0, 0.05) is 18.2 Å². The van der Waals surface area contributed by atoms with Gasteiger partial charge >= 0.3 is 0 Å². The number of pyridine rings is 1. The van der Waals surface area contributed by atoms with Gasteiger partial charge in [0.1, 0.15) is 11.8 Å². The summed E-state index contributed by atoms with van der Waals surface area (Å²) in [6.45, 7) is 5.68. The molecule has 1 rings (SSSR count). The summed E-state index contributed by atoms with van der Waals surface area (Å²) >= 11 is 0. The third-order valence-electron chi connectivity index (χ3n) is 2.54. The first-order valence-corrected chi connectivity index (χ1v) is 5.85. The van der Waals surface area contributed by atoms with Gasteiger partial charge in [-0.3, -0.25) is 4.98 Å². The van der Waals surface area contributed by atoms with Crippen LogP contribution < -0.4 is 10.5 Å². The smallest absolute Gasteiger partial charge is 0.181 e. The van der Waals surface area contributed by atoms with Crippen molar-refractivity contribution >= 4 is 0 Å². The molecule has 0 fully saturated rings. The highest BCUT2D eigenvalue weighted by atomic mass is 16.5. The third kappa shape index (κ3) is 4.04. The van der Waals surface area contributed by atoms with Gasteiger partial charge in [-0.2, -0.15) is 5.26 Å². The lowest BCUT2D eigenvalue weighted by atomic mass is 10.1. The van der Waals surface area contributed by atoms with Gasteiger partial charge in [-0.1, -0.05) is 6.92 Å². The molecule has 0 aliphatic rings. The number of aryl methyl sites for hydroxylation is 1. The molecule has 1 heterocycles. The normalized spacial score (nSPS) is 13.8. The number of hydrogen-bond acceptors (Lipinski definition) is 4. The van der Waals surface area contributed by atoms with Crippen LogP contribution in [0, 0.1) is 18.3 Å². The molecular weight excluding hydrogens is 214 g/mol. The van der Waals surface area contributed by atoms with Crippen molar-refractivity contribution in [3.05, 3.63) is 23.5 Å². The lowest BCUT2D eigenvalue weighted by molar-refractivity contribution is 0.271. The first-order chi connectivity index (χ1) is 8.06. The van der Waals surface area contributed by atoms with E-state index in [-0.39, 0.29) is 6.04 Å². The minimum absolute atomic E-state index is 0.0732. The van der Waals surface area contributed by atoms with Crippen LogP contribution in [0.5, 0.6) is 5.75 Å². The number of nitriles is 1. The van der Waals surface area contributed by atoms with E-state index in [1.54, 1.807) is 6.92 Å². The maximum absolute atomic E-state index is 8.75. The van der Waals surface area contributed by atoms with E-state index in [2.05, 4.69) is 4.98 Å². The first kappa shape index (κ1) is 13.5. The second kappa shape index (κ2) is 6.21. The van der Waals surface area contributed by atoms with Gasteiger partial charge in [0.15, 0.2) is 6.10 Å². The maximum Gasteiger partial charge on any atom is 0.181 e. The van der Waals surface area contributed by atoms with E-state index in [9.17, 15) is 0 Å². The van der Waals surface area contributed by atoms with Crippen molar-refractivity contribution in [2.75, 3.05) is 0 Å². The molecule has 0 saturated carbocycles. The molecule has 4 nitrogen and oxygen atoms in total. The van der Waals surface area contributed by atoms with Crippen molar-refractivity contribution in [3.63, 3.8) is 0 Å². The first-order valence-electron chi connectivity index (χ1n) is 5.85. The van der Waals surface area contributed by atoms with Crippen molar-refractivity contribution in [2.24, 2.45) is 5.73 Å². The standard InChI is InChI=1S/C13H19N3O/c1-4-11(15)7-12-13(17-10(3)8-14)6-5-9(2)16-12/h5-6,10-11H,4,7,15H2,1-3H3.